The highest BCUT2D eigenvalue weighted by molar-refractivity contribution is 5.85. The van der Waals surface area contributed by atoms with Crippen molar-refractivity contribution in [2.24, 2.45) is 11.3 Å². The van der Waals surface area contributed by atoms with Crippen molar-refractivity contribution in [3.05, 3.63) is 29.6 Å². The van der Waals surface area contributed by atoms with Crippen LogP contribution in [0.2, 0.25) is 0 Å². The Morgan fingerprint density at radius 2 is 2.11 bits per heavy atom. The summed E-state index contributed by atoms with van der Waals surface area (Å²) >= 11 is 0. The molecule has 0 bridgehead atoms. The molecule has 0 aliphatic heterocycles. The van der Waals surface area contributed by atoms with Gasteiger partial charge >= 0.3 is 0 Å². The Hall–Kier alpha value is -0.800. The fraction of sp³-hybridized carbons (Fsp3) is 0.571. The first kappa shape index (κ1) is 15.3. The van der Waals surface area contributed by atoms with Crippen molar-refractivity contribution in [2.75, 3.05) is 5.73 Å². The average Bonchev–Trinajstić information content (AvgIpc) is 2.62. The van der Waals surface area contributed by atoms with Crippen LogP contribution < -0.4 is 5.73 Å². The van der Waals surface area contributed by atoms with Crippen LogP contribution in [0.5, 0.6) is 0 Å². The Bertz CT molecular complexity index is 422. The van der Waals surface area contributed by atoms with Crippen LogP contribution in [0.1, 0.15) is 44.8 Å². The van der Waals surface area contributed by atoms with Crippen molar-refractivity contribution < 1.29 is 9.50 Å². The highest BCUT2D eigenvalue weighted by atomic mass is 35.5. The number of anilines is 1. The predicted octanol–water partition coefficient (Wildman–Crippen LogP) is 3.69. The molecule has 1 aliphatic carbocycles. The molecule has 1 fully saturated rings. The van der Waals surface area contributed by atoms with E-state index in [-0.39, 0.29) is 29.4 Å². The second kappa shape index (κ2) is 5.45. The molecule has 2 rings (SSSR count). The molecular formula is C14H21ClFNO. The topological polar surface area (TPSA) is 46.2 Å². The van der Waals surface area contributed by atoms with Gasteiger partial charge in [-0.25, -0.2) is 4.39 Å². The minimum absolute atomic E-state index is 0. The second-order valence-corrected chi connectivity index (χ2v) is 5.86. The highest BCUT2D eigenvalue weighted by Gasteiger charge is 2.36. The molecule has 1 aromatic rings. The molecule has 0 heterocycles. The van der Waals surface area contributed by atoms with Crippen molar-refractivity contribution in [2.45, 2.75) is 39.2 Å². The number of hydrogen-bond donors (Lipinski definition) is 2. The molecule has 2 nitrogen and oxygen atoms in total. The van der Waals surface area contributed by atoms with Gasteiger partial charge in [0.2, 0.25) is 0 Å². The maximum absolute atomic E-state index is 13.8. The van der Waals surface area contributed by atoms with Crippen LogP contribution in [-0.2, 0) is 0 Å². The summed E-state index contributed by atoms with van der Waals surface area (Å²) in [6.45, 7) is 4.38. The molecule has 1 aliphatic rings. The first-order chi connectivity index (χ1) is 7.91. The minimum atomic E-state index is -0.736. The number of aliphatic hydroxyl groups excluding tert-OH is 1. The summed E-state index contributed by atoms with van der Waals surface area (Å²) in [6.07, 6.45) is 2.23. The number of aliphatic hydroxyl groups is 1. The van der Waals surface area contributed by atoms with Crippen LogP contribution in [0.25, 0.3) is 0 Å². The molecule has 0 saturated heterocycles. The number of benzene rings is 1. The van der Waals surface area contributed by atoms with E-state index in [1.807, 2.05) is 0 Å². The lowest BCUT2D eigenvalue weighted by Gasteiger charge is -2.22. The molecule has 102 valence electrons. The maximum atomic E-state index is 13.8. The van der Waals surface area contributed by atoms with Gasteiger partial charge in [0.15, 0.2) is 5.82 Å². The standard InChI is InChI=1S/C14H20FNO.ClH/c1-14(2)7-6-9(8-14)13(17)10-4-3-5-11(16)12(10)15;/h3-5,9,13,17H,6-8,16H2,1-2H3;1H/t9-,13-;/m0./s1. The van der Waals surface area contributed by atoms with Crippen LogP contribution in [0.4, 0.5) is 10.1 Å². The zero-order valence-electron chi connectivity index (χ0n) is 10.8. The molecule has 0 amide bonds. The molecule has 2 atom stereocenters. The summed E-state index contributed by atoms with van der Waals surface area (Å²) in [5, 5.41) is 10.3. The fourth-order valence-electron chi connectivity index (χ4n) is 2.81. The largest absolute Gasteiger partial charge is 0.396 e. The van der Waals surface area contributed by atoms with Crippen LogP contribution >= 0.6 is 12.4 Å². The van der Waals surface area contributed by atoms with Crippen molar-refractivity contribution in [3.63, 3.8) is 0 Å². The molecule has 1 saturated carbocycles. The van der Waals surface area contributed by atoms with E-state index in [0.717, 1.165) is 19.3 Å². The van der Waals surface area contributed by atoms with Gasteiger partial charge in [0.1, 0.15) is 0 Å². The summed E-state index contributed by atoms with van der Waals surface area (Å²) < 4.78 is 13.8. The Balaban J connectivity index is 0.00000162. The SMILES string of the molecule is CC1(C)CC[C@H]([C@H](O)c2cccc(N)c2F)C1.Cl. The van der Waals surface area contributed by atoms with Gasteiger partial charge in [0.05, 0.1) is 11.8 Å². The van der Waals surface area contributed by atoms with Crippen molar-refractivity contribution in [3.8, 4) is 0 Å². The molecule has 18 heavy (non-hydrogen) atoms. The molecule has 1 aromatic carbocycles. The lowest BCUT2D eigenvalue weighted by Crippen LogP contribution is -2.14. The van der Waals surface area contributed by atoms with Gasteiger partial charge in [-0.3, -0.25) is 0 Å². The van der Waals surface area contributed by atoms with Crippen LogP contribution in [0.3, 0.4) is 0 Å². The molecule has 3 N–H and O–H groups in total. The van der Waals surface area contributed by atoms with Gasteiger partial charge in [-0.05, 0) is 36.7 Å². The monoisotopic (exact) mass is 273 g/mol. The third-order valence-electron chi connectivity index (χ3n) is 3.83. The molecule has 4 heteroatoms. The Morgan fingerprint density at radius 3 is 2.67 bits per heavy atom. The van der Waals surface area contributed by atoms with E-state index < -0.39 is 11.9 Å². The number of halogens is 2. The number of hydrogen-bond acceptors (Lipinski definition) is 2. The lowest BCUT2D eigenvalue weighted by molar-refractivity contribution is 0.102. The van der Waals surface area contributed by atoms with Crippen molar-refractivity contribution >= 4 is 18.1 Å². The van der Waals surface area contributed by atoms with Crippen LogP contribution in [-0.4, -0.2) is 5.11 Å². The first-order valence-corrected chi connectivity index (χ1v) is 6.13. The molecule has 0 aromatic heterocycles. The van der Waals surface area contributed by atoms with Crippen LogP contribution in [0, 0.1) is 17.2 Å². The van der Waals surface area contributed by atoms with E-state index in [9.17, 15) is 9.50 Å². The third-order valence-corrected chi connectivity index (χ3v) is 3.83. The van der Waals surface area contributed by atoms with Gasteiger partial charge in [-0.15, -0.1) is 12.4 Å². The highest BCUT2D eigenvalue weighted by Crippen LogP contribution is 2.46. The van der Waals surface area contributed by atoms with E-state index in [1.54, 1.807) is 12.1 Å². The second-order valence-electron chi connectivity index (χ2n) is 5.86. The third kappa shape index (κ3) is 2.96. The van der Waals surface area contributed by atoms with E-state index >= 15 is 0 Å². The minimum Gasteiger partial charge on any atom is -0.396 e. The van der Waals surface area contributed by atoms with Crippen molar-refractivity contribution in [1.82, 2.24) is 0 Å². The molecule has 0 spiro atoms. The molecule has 0 radical (unpaired) electrons. The van der Waals surface area contributed by atoms with Crippen molar-refractivity contribution in [1.29, 1.82) is 0 Å². The predicted molar refractivity (Wildman–Crippen MR) is 74.1 cm³/mol. The van der Waals surface area contributed by atoms with E-state index in [4.69, 9.17) is 5.73 Å². The van der Waals surface area contributed by atoms with Gasteiger partial charge in [-0.2, -0.15) is 0 Å². The van der Waals surface area contributed by atoms with Gasteiger partial charge in [0.25, 0.3) is 0 Å². The Kier molecular flexibility index (Phi) is 4.62. The first-order valence-electron chi connectivity index (χ1n) is 6.13. The zero-order chi connectivity index (χ0) is 12.6. The molecular weight excluding hydrogens is 253 g/mol. The van der Waals surface area contributed by atoms with Crippen LogP contribution in [0.15, 0.2) is 18.2 Å². The van der Waals surface area contributed by atoms with E-state index in [2.05, 4.69) is 13.8 Å². The quantitative estimate of drug-likeness (QED) is 0.808. The normalized spacial score (nSPS) is 23.4. The summed E-state index contributed by atoms with van der Waals surface area (Å²) in [6, 6.07) is 4.84. The fourth-order valence-corrected chi connectivity index (χ4v) is 2.81. The number of nitrogens with two attached hydrogens (primary N) is 1. The lowest BCUT2D eigenvalue weighted by atomic mass is 9.87. The zero-order valence-corrected chi connectivity index (χ0v) is 11.6. The summed E-state index contributed by atoms with van der Waals surface area (Å²) in [5.41, 5.74) is 6.23. The number of rotatable bonds is 2. The Labute approximate surface area is 114 Å². The number of nitrogen functional groups attached to an aromatic ring is 1. The molecule has 0 unspecified atom stereocenters. The van der Waals surface area contributed by atoms with Gasteiger partial charge in [0, 0.05) is 5.56 Å². The van der Waals surface area contributed by atoms with E-state index in [0.29, 0.717) is 5.56 Å². The maximum Gasteiger partial charge on any atom is 0.151 e. The summed E-state index contributed by atoms with van der Waals surface area (Å²) in [7, 11) is 0. The summed E-state index contributed by atoms with van der Waals surface area (Å²) in [4.78, 5) is 0. The smallest absolute Gasteiger partial charge is 0.151 e. The van der Waals surface area contributed by atoms with E-state index in [1.165, 1.54) is 6.07 Å². The summed E-state index contributed by atoms with van der Waals surface area (Å²) in [5.74, 6) is -0.328. The Morgan fingerprint density at radius 1 is 1.44 bits per heavy atom. The average molecular weight is 274 g/mol. The van der Waals surface area contributed by atoms with Gasteiger partial charge < -0.3 is 10.8 Å². The van der Waals surface area contributed by atoms with Gasteiger partial charge in [-0.1, -0.05) is 26.0 Å².